The van der Waals surface area contributed by atoms with Gasteiger partial charge in [-0.1, -0.05) is 29.8 Å². The number of benzene rings is 1. The second-order valence-corrected chi connectivity index (χ2v) is 5.49. The molecule has 5 nitrogen and oxygen atoms in total. The topological polar surface area (TPSA) is 47.7 Å². The van der Waals surface area contributed by atoms with E-state index in [4.69, 9.17) is 16.7 Å². The Balaban J connectivity index is 2.08. The molecule has 2 aromatic heterocycles. The maximum Gasteiger partial charge on any atom is 0.132 e. The molecule has 0 amide bonds. The SMILES string of the molecule is CNCc1nn(Cc2c(C)nn(C)c2Cl)c2ccccc12. The van der Waals surface area contributed by atoms with Gasteiger partial charge in [-0.25, -0.2) is 0 Å². The predicted octanol–water partition coefficient (Wildman–Crippen LogP) is 2.50. The summed E-state index contributed by atoms with van der Waals surface area (Å²) in [6, 6.07) is 8.25. The van der Waals surface area contributed by atoms with Gasteiger partial charge in [0, 0.05) is 24.5 Å². The fourth-order valence-corrected chi connectivity index (χ4v) is 2.85. The van der Waals surface area contributed by atoms with E-state index in [1.165, 1.54) is 5.39 Å². The van der Waals surface area contributed by atoms with Gasteiger partial charge < -0.3 is 5.32 Å². The lowest BCUT2D eigenvalue weighted by Gasteiger charge is -2.03. The molecule has 110 valence electrons. The first kappa shape index (κ1) is 14.1. The predicted molar refractivity (Wildman–Crippen MR) is 84.6 cm³/mol. The first-order valence-corrected chi connectivity index (χ1v) is 7.26. The van der Waals surface area contributed by atoms with Crippen LogP contribution in [0.15, 0.2) is 24.3 Å². The van der Waals surface area contributed by atoms with Crippen molar-refractivity contribution in [1.82, 2.24) is 24.9 Å². The number of rotatable bonds is 4. The standard InChI is InChI=1S/C15H18ClN5/c1-10-12(15(16)20(3)18-10)9-21-14-7-5-4-6-11(14)13(19-21)8-17-2/h4-7,17H,8-9H2,1-3H3. The van der Waals surface area contributed by atoms with E-state index in [0.29, 0.717) is 11.7 Å². The molecule has 2 heterocycles. The first-order valence-electron chi connectivity index (χ1n) is 6.88. The minimum Gasteiger partial charge on any atom is -0.314 e. The van der Waals surface area contributed by atoms with Gasteiger partial charge in [0.05, 0.1) is 23.4 Å². The summed E-state index contributed by atoms with van der Waals surface area (Å²) < 4.78 is 3.70. The lowest BCUT2D eigenvalue weighted by atomic mass is 10.2. The summed E-state index contributed by atoms with van der Waals surface area (Å²) in [5, 5.41) is 14.1. The van der Waals surface area contributed by atoms with Crippen molar-refractivity contribution in [3.8, 4) is 0 Å². The Morgan fingerprint density at radius 1 is 1.24 bits per heavy atom. The van der Waals surface area contributed by atoms with Crippen molar-refractivity contribution in [3.05, 3.63) is 46.4 Å². The summed E-state index contributed by atoms with van der Waals surface area (Å²) >= 11 is 6.33. The second-order valence-electron chi connectivity index (χ2n) is 5.13. The van der Waals surface area contributed by atoms with Gasteiger partial charge in [0.1, 0.15) is 5.15 Å². The number of aryl methyl sites for hydroxylation is 2. The smallest absolute Gasteiger partial charge is 0.132 e. The molecule has 0 saturated carbocycles. The van der Waals surface area contributed by atoms with Gasteiger partial charge in [-0.3, -0.25) is 9.36 Å². The van der Waals surface area contributed by atoms with Crippen molar-refractivity contribution < 1.29 is 0 Å². The molecule has 0 aliphatic rings. The highest BCUT2D eigenvalue weighted by atomic mass is 35.5. The number of hydrogen-bond acceptors (Lipinski definition) is 3. The van der Waals surface area contributed by atoms with E-state index in [1.807, 2.05) is 37.8 Å². The van der Waals surface area contributed by atoms with Gasteiger partial charge in [0.2, 0.25) is 0 Å². The monoisotopic (exact) mass is 303 g/mol. The average molecular weight is 304 g/mol. The number of hydrogen-bond donors (Lipinski definition) is 1. The summed E-state index contributed by atoms with van der Waals surface area (Å²) in [6.45, 7) is 3.34. The lowest BCUT2D eigenvalue weighted by Crippen LogP contribution is -2.08. The van der Waals surface area contributed by atoms with Crippen molar-refractivity contribution in [1.29, 1.82) is 0 Å². The van der Waals surface area contributed by atoms with Crippen LogP contribution in [0, 0.1) is 6.92 Å². The van der Waals surface area contributed by atoms with Gasteiger partial charge in [-0.15, -0.1) is 0 Å². The quantitative estimate of drug-likeness (QED) is 0.805. The normalized spacial score (nSPS) is 11.4. The molecule has 0 aliphatic carbocycles. The van der Waals surface area contributed by atoms with E-state index >= 15 is 0 Å². The molecule has 0 atom stereocenters. The Bertz CT molecular complexity index is 787. The maximum absolute atomic E-state index is 6.33. The van der Waals surface area contributed by atoms with Crippen LogP contribution < -0.4 is 5.32 Å². The van der Waals surface area contributed by atoms with Crippen molar-refractivity contribution in [2.75, 3.05) is 7.05 Å². The van der Waals surface area contributed by atoms with E-state index in [0.717, 1.165) is 29.0 Å². The molecule has 0 saturated heterocycles. The molecule has 3 rings (SSSR count). The molecule has 0 fully saturated rings. The molecular formula is C15H18ClN5. The van der Waals surface area contributed by atoms with Crippen LogP contribution in [0.1, 0.15) is 17.0 Å². The minimum absolute atomic E-state index is 0.628. The Hall–Kier alpha value is -1.85. The molecule has 0 bridgehead atoms. The molecule has 0 aliphatic heterocycles. The van der Waals surface area contributed by atoms with E-state index in [2.05, 4.69) is 22.5 Å². The number of halogens is 1. The molecule has 1 N–H and O–H groups in total. The summed E-state index contributed by atoms with van der Waals surface area (Å²) in [4.78, 5) is 0. The van der Waals surface area contributed by atoms with Crippen LogP contribution in [-0.4, -0.2) is 26.6 Å². The number of nitrogens with one attached hydrogen (secondary N) is 1. The zero-order chi connectivity index (χ0) is 15.0. The number of aromatic nitrogens is 4. The van der Waals surface area contributed by atoms with Crippen molar-refractivity contribution in [3.63, 3.8) is 0 Å². The zero-order valence-electron chi connectivity index (χ0n) is 12.4. The largest absolute Gasteiger partial charge is 0.314 e. The van der Waals surface area contributed by atoms with Crippen LogP contribution in [0.3, 0.4) is 0 Å². The Labute approximate surface area is 128 Å². The Morgan fingerprint density at radius 2 is 2.00 bits per heavy atom. The van der Waals surface area contributed by atoms with E-state index in [1.54, 1.807) is 4.68 Å². The molecule has 0 unspecified atom stereocenters. The third-order valence-electron chi connectivity index (χ3n) is 3.66. The van der Waals surface area contributed by atoms with Gasteiger partial charge in [0.15, 0.2) is 0 Å². The van der Waals surface area contributed by atoms with E-state index in [9.17, 15) is 0 Å². The van der Waals surface area contributed by atoms with Gasteiger partial charge in [-0.2, -0.15) is 10.2 Å². The van der Waals surface area contributed by atoms with Crippen LogP contribution in [0.4, 0.5) is 0 Å². The van der Waals surface area contributed by atoms with Gasteiger partial charge in [-0.05, 0) is 20.0 Å². The fraction of sp³-hybridized carbons (Fsp3) is 0.333. The molecule has 21 heavy (non-hydrogen) atoms. The molecule has 3 aromatic rings. The summed E-state index contributed by atoms with van der Waals surface area (Å²) in [5.41, 5.74) is 4.12. The Morgan fingerprint density at radius 3 is 2.67 bits per heavy atom. The number of para-hydroxylation sites is 1. The third kappa shape index (κ3) is 2.43. The maximum atomic E-state index is 6.33. The third-order valence-corrected chi connectivity index (χ3v) is 4.13. The molecule has 6 heteroatoms. The highest BCUT2D eigenvalue weighted by molar-refractivity contribution is 6.30. The minimum atomic E-state index is 0.628. The number of nitrogens with zero attached hydrogens (tertiary/aromatic N) is 4. The summed E-state index contributed by atoms with van der Waals surface area (Å²) in [7, 11) is 3.78. The second kappa shape index (κ2) is 5.50. The summed E-state index contributed by atoms with van der Waals surface area (Å²) in [5.74, 6) is 0. The van der Waals surface area contributed by atoms with Crippen molar-refractivity contribution in [2.24, 2.45) is 7.05 Å². The van der Waals surface area contributed by atoms with Gasteiger partial charge >= 0.3 is 0 Å². The van der Waals surface area contributed by atoms with Crippen LogP contribution in [0.2, 0.25) is 5.15 Å². The number of fused-ring (bicyclic) bond motifs is 1. The zero-order valence-corrected chi connectivity index (χ0v) is 13.1. The highest BCUT2D eigenvalue weighted by Crippen LogP contribution is 2.23. The van der Waals surface area contributed by atoms with Crippen LogP contribution in [0.25, 0.3) is 10.9 Å². The summed E-state index contributed by atoms with van der Waals surface area (Å²) in [6.07, 6.45) is 0. The first-order chi connectivity index (χ1) is 10.1. The van der Waals surface area contributed by atoms with Crippen LogP contribution in [0.5, 0.6) is 0 Å². The van der Waals surface area contributed by atoms with Crippen molar-refractivity contribution >= 4 is 22.5 Å². The van der Waals surface area contributed by atoms with Crippen LogP contribution >= 0.6 is 11.6 Å². The molecule has 0 spiro atoms. The van der Waals surface area contributed by atoms with Crippen molar-refractivity contribution in [2.45, 2.75) is 20.0 Å². The molecule has 0 radical (unpaired) electrons. The van der Waals surface area contributed by atoms with Gasteiger partial charge in [0.25, 0.3) is 0 Å². The van der Waals surface area contributed by atoms with E-state index < -0.39 is 0 Å². The van der Waals surface area contributed by atoms with E-state index in [-0.39, 0.29) is 0 Å². The fourth-order valence-electron chi connectivity index (χ4n) is 2.62. The lowest BCUT2D eigenvalue weighted by molar-refractivity contribution is 0.674. The molecule has 1 aromatic carbocycles. The van der Waals surface area contributed by atoms with Crippen LogP contribution in [-0.2, 0) is 20.1 Å². The molecular weight excluding hydrogens is 286 g/mol. The Kier molecular flexibility index (Phi) is 3.69. The average Bonchev–Trinajstić information content (AvgIpc) is 2.93. The highest BCUT2D eigenvalue weighted by Gasteiger charge is 2.15.